The Balaban J connectivity index is 0.00000208. The van der Waals surface area contributed by atoms with Crippen molar-refractivity contribution in [3.05, 3.63) is 54.2 Å². The highest BCUT2D eigenvalue weighted by Crippen LogP contribution is 2.04. The predicted octanol–water partition coefficient (Wildman–Crippen LogP) is 1.59. The molecule has 0 saturated carbocycles. The Labute approximate surface area is 158 Å². The van der Waals surface area contributed by atoms with Crippen molar-refractivity contribution in [2.45, 2.75) is 13.0 Å². The smallest absolute Gasteiger partial charge is 0.191 e. The summed E-state index contributed by atoms with van der Waals surface area (Å²) < 4.78 is 3.88. The Morgan fingerprint density at radius 2 is 2.12 bits per heavy atom. The van der Waals surface area contributed by atoms with Crippen LogP contribution in [-0.2, 0) is 20.0 Å². The lowest BCUT2D eigenvalue weighted by atomic mass is 10.3. The number of guanidine groups is 1. The molecule has 0 unspecified atom stereocenters. The zero-order valence-electron chi connectivity index (χ0n) is 13.8. The van der Waals surface area contributed by atoms with Gasteiger partial charge in [-0.05, 0) is 18.2 Å². The van der Waals surface area contributed by atoms with E-state index in [0.29, 0.717) is 6.54 Å². The van der Waals surface area contributed by atoms with Crippen LogP contribution in [-0.4, -0.2) is 38.7 Å². The third kappa shape index (κ3) is 4.47. The number of imidazole rings is 1. The van der Waals surface area contributed by atoms with Crippen molar-refractivity contribution in [3.8, 4) is 0 Å². The lowest BCUT2D eigenvalue weighted by Gasteiger charge is -2.11. The second-order valence-electron chi connectivity index (χ2n) is 5.25. The third-order valence-electron chi connectivity index (χ3n) is 3.67. The van der Waals surface area contributed by atoms with Gasteiger partial charge in [0.25, 0.3) is 0 Å². The number of hydrogen-bond donors (Lipinski definition) is 2. The highest BCUT2D eigenvalue weighted by Gasteiger charge is 2.03. The summed E-state index contributed by atoms with van der Waals surface area (Å²) in [7, 11) is 3.69. The van der Waals surface area contributed by atoms with E-state index in [0.717, 1.165) is 36.0 Å². The van der Waals surface area contributed by atoms with Crippen molar-refractivity contribution in [2.75, 3.05) is 13.6 Å². The van der Waals surface area contributed by atoms with Gasteiger partial charge in [-0.1, -0.05) is 6.07 Å². The number of aromatic nitrogens is 4. The molecule has 128 valence electrons. The van der Waals surface area contributed by atoms with Crippen LogP contribution in [0.2, 0.25) is 0 Å². The molecule has 0 amide bonds. The minimum Gasteiger partial charge on any atom is -0.356 e. The first kappa shape index (κ1) is 18.2. The molecule has 0 aliphatic heterocycles. The fourth-order valence-electron chi connectivity index (χ4n) is 2.39. The van der Waals surface area contributed by atoms with Crippen LogP contribution in [0.1, 0.15) is 11.4 Å². The molecule has 0 spiro atoms. The number of aryl methyl sites for hydroxylation is 1. The van der Waals surface area contributed by atoms with Gasteiger partial charge in [-0.3, -0.25) is 9.67 Å². The normalized spacial score (nSPS) is 11.3. The van der Waals surface area contributed by atoms with Gasteiger partial charge in [0.15, 0.2) is 5.96 Å². The van der Waals surface area contributed by atoms with Crippen LogP contribution in [0.3, 0.4) is 0 Å². The summed E-state index contributed by atoms with van der Waals surface area (Å²) >= 11 is 0. The second kappa shape index (κ2) is 8.67. The summed E-state index contributed by atoms with van der Waals surface area (Å²) in [6.07, 6.45) is 6.70. The van der Waals surface area contributed by atoms with Gasteiger partial charge in [0.2, 0.25) is 0 Å². The molecule has 0 atom stereocenters. The molecule has 2 N–H and O–H groups in total. The summed E-state index contributed by atoms with van der Waals surface area (Å²) in [6.45, 7) is 1.46. The molecule has 3 heterocycles. The number of nitrogens with one attached hydrogen (secondary N) is 2. The molecule has 0 bridgehead atoms. The topological polar surface area (TPSA) is 71.5 Å². The largest absolute Gasteiger partial charge is 0.356 e. The van der Waals surface area contributed by atoms with Gasteiger partial charge in [-0.25, -0.2) is 4.98 Å². The quantitative estimate of drug-likeness (QED) is 0.360. The van der Waals surface area contributed by atoms with E-state index in [-0.39, 0.29) is 24.0 Å². The SMILES string of the molecule is CN=C(NCCc1cn2ccccc2n1)NCc1ccnn1C.I. The molecule has 3 aromatic rings. The monoisotopic (exact) mass is 439 g/mol. The van der Waals surface area contributed by atoms with Crippen molar-refractivity contribution in [1.29, 1.82) is 0 Å². The van der Waals surface area contributed by atoms with Gasteiger partial charge in [0, 0.05) is 45.7 Å². The Morgan fingerprint density at radius 1 is 1.25 bits per heavy atom. The fraction of sp³-hybridized carbons (Fsp3) is 0.312. The molecule has 0 radical (unpaired) electrons. The Morgan fingerprint density at radius 3 is 2.83 bits per heavy atom. The first-order chi connectivity index (χ1) is 11.3. The molecular formula is C16H22IN7. The standard InChI is InChI=1S/C16H21N7.HI/c1-17-16(19-11-14-7-9-20-22(14)2)18-8-6-13-12-23-10-4-3-5-15(23)21-13;/h3-5,7,9-10,12H,6,8,11H2,1-2H3,(H2,17,18,19);1H. The Hall–Kier alpha value is -2.10. The highest BCUT2D eigenvalue weighted by molar-refractivity contribution is 14.0. The van der Waals surface area contributed by atoms with Gasteiger partial charge in [0.1, 0.15) is 5.65 Å². The maximum Gasteiger partial charge on any atom is 0.191 e. The zero-order chi connectivity index (χ0) is 16.1. The third-order valence-corrected chi connectivity index (χ3v) is 3.67. The number of hydrogen-bond acceptors (Lipinski definition) is 3. The van der Waals surface area contributed by atoms with E-state index in [4.69, 9.17) is 0 Å². The molecule has 3 aromatic heterocycles. The summed E-state index contributed by atoms with van der Waals surface area (Å²) in [6, 6.07) is 7.98. The second-order valence-corrected chi connectivity index (χ2v) is 5.25. The molecule has 3 rings (SSSR count). The molecule has 0 aliphatic rings. The average molecular weight is 439 g/mol. The number of aliphatic imine (C=N–C) groups is 1. The van der Waals surface area contributed by atoms with Crippen molar-refractivity contribution in [3.63, 3.8) is 0 Å². The molecular weight excluding hydrogens is 417 g/mol. The Bertz CT molecular complexity index is 772. The lowest BCUT2D eigenvalue weighted by Crippen LogP contribution is -2.38. The van der Waals surface area contributed by atoms with Crippen molar-refractivity contribution >= 4 is 35.6 Å². The molecule has 7 nitrogen and oxygen atoms in total. The summed E-state index contributed by atoms with van der Waals surface area (Å²) in [5, 5.41) is 10.7. The van der Waals surface area contributed by atoms with E-state index >= 15 is 0 Å². The van der Waals surface area contributed by atoms with Crippen LogP contribution < -0.4 is 10.6 Å². The molecule has 0 aromatic carbocycles. The average Bonchev–Trinajstić information content (AvgIpc) is 3.16. The number of nitrogens with zero attached hydrogens (tertiary/aromatic N) is 5. The fourth-order valence-corrected chi connectivity index (χ4v) is 2.39. The van der Waals surface area contributed by atoms with Gasteiger partial charge in [-0.2, -0.15) is 5.10 Å². The van der Waals surface area contributed by atoms with Crippen LogP contribution in [0.15, 0.2) is 47.8 Å². The highest BCUT2D eigenvalue weighted by atomic mass is 127. The van der Waals surface area contributed by atoms with Crippen LogP contribution in [0.25, 0.3) is 5.65 Å². The van der Waals surface area contributed by atoms with E-state index in [1.54, 1.807) is 13.2 Å². The maximum absolute atomic E-state index is 4.58. The molecule has 24 heavy (non-hydrogen) atoms. The number of pyridine rings is 1. The zero-order valence-corrected chi connectivity index (χ0v) is 16.1. The molecule has 0 saturated heterocycles. The van der Waals surface area contributed by atoms with Crippen LogP contribution >= 0.6 is 24.0 Å². The van der Waals surface area contributed by atoms with Crippen LogP contribution in [0, 0.1) is 0 Å². The van der Waals surface area contributed by atoms with E-state index in [1.807, 2.05) is 46.6 Å². The first-order valence-corrected chi connectivity index (χ1v) is 7.60. The van der Waals surface area contributed by atoms with Gasteiger partial charge < -0.3 is 15.0 Å². The molecule has 0 aliphatic carbocycles. The van der Waals surface area contributed by atoms with E-state index < -0.39 is 0 Å². The molecule has 8 heteroatoms. The minimum absolute atomic E-state index is 0. The van der Waals surface area contributed by atoms with Crippen molar-refractivity contribution in [2.24, 2.45) is 12.0 Å². The summed E-state index contributed by atoms with van der Waals surface area (Å²) in [5.74, 6) is 0.773. The van der Waals surface area contributed by atoms with Gasteiger partial charge in [-0.15, -0.1) is 24.0 Å². The van der Waals surface area contributed by atoms with Gasteiger partial charge in [0.05, 0.1) is 17.9 Å². The van der Waals surface area contributed by atoms with Crippen LogP contribution in [0.5, 0.6) is 0 Å². The Kier molecular flexibility index (Phi) is 6.59. The lowest BCUT2D eigenvalue weighted by molar-refractivity contribution is 0.683. The summed E-state index contributed by atoms with van der Waals surface area (Å²) in [4.78, 5) is 8.81. The van der Waals surface area contributed by atoms with E-state index in [1.165, 1.54) is 0 Å². The maximum atomic E-state index is 4.58. The van der Waals surface area contributed by atoms with Gasteiger partial charge >= 0.3 is 0 Å². The molecule has 0 fully saturated rings. The predicted molar refractivity (Wildman–Crippen MR) is 106 cm³/mol. The minimum atomic E-state index is 0. The number of rotatable bonds is 5. The van der Waals surface area contributed by atoms with E-state index in [9.17, 15) is 0 Å². The van der Waals surface area contributed by atoms with E-state index in [2.05, 4.69) is 31.9 Å². The van der Waals surface area contributed by atoms with Crippen molar-refractivity contribution < 1.29 is 0 Å². The van der Waals surface area contributed by atoms with Crippen LogP contribution in [0.4, 0.5) is 0 Å². The number of fused-ring (bicyclic) bond motifs is 1. The summed E-state index contributed by atoms with van der Waals surface area (Å²) in [5.41, 5.74) is 3.14. The number of halogens is 1. The van der Waals surface area contributed by atoms with Crippen molar-refractivity contribution in [1.82, 2.24) is 29.8 Å². The first-order valence-electron chi connectivity index (χ1n) is 7.60.